The van der Waals surface area contributed by atoms with E-state index in [9.17, 15) is 4.79 Å². The van der Waals surface area contributed by atoms with Crippen LogP contribution in [0.2, 0.25) is 0 Å². The number of rotatable bonds is 3. The summed E-state index contributed by atoms with van der Waals surface area (Å²) in [6.07, 6.45) is 4.98. The van der Waals surface area contributed by atoms with Crippen LogP contribution in [0.15, 0.2) is 42.5 Å². The standard InChI is InChI=1S/C17H20OS/c1-19(10-4-5-11-19)13-17(18)16-9-8-14-6-2-3-7-15(14)12-16/h2-3,6-9,12H,4-5,10-11,13H2,1H3. The minimum atomic E-state index is -0.654. The van der Waals surface area contributed by atoms with Crippen molar-refractivity contribution in [2.24, 2.45) is 0 Å². The van der Waals surface area contributed by atoms with Gasteiger partial charge in [0.25, 0.3) is 0 Å². The number of ketones is 1. The van der Waals surface area contributed by atoms with E-state index in [0.29, 0.717) is 5.78 Å². The number of benzene rings is 2. The minimum Gasteiger partial charge on any atom is -0.293 e. The lowest BCUT2D eigenvalue weighted by atomic mass is 10.1. The molecule has 0 amide bonds. The van der Waals surface area contributed by atoms with E-state index in [2.05, 4.69) is 30.5 Å². The molecule has 1 fully saturated rings. The molecule has 2 heteroatoms. The van der Waals surface area contributed by atoms with Gasteiger partial charge in [0.1, 0.15) is 0 Å². The fraction of sp³-hybridized carbons (Fsp3) is 0.353. The molecular weight excluding hydrogens is 252 g/mol. The topological polar surface area (TPSA) is 17.1 Å². The number of hydrogen-bond acceptors (Lipinski definition) is 1. The molecule has 1 nitrogen and oxygen atoms in total. The maximum absolute atomic E-state index is 12.5. The number of carbonyl (C=O) groups excluding carboxylic acids is 1. The quantitative estimate of drug-likeness (QED) is 0.763. The van der Waals surface area contributed by atoms with Crippen LogP contribution in [-0.4, -0.2) is 29.3 Å². The third-order valence-electron chi connectivity index (χ3n) is 4.08. The Bertz CT molecular complexity index is 611. The third-order valence-corrected chi connectivity index (χ3v) is 7.58. The van der Waals surface area contributed by atoms with Gasteiger partial charge in [0, 0.05) is 11.3 Å². The van der Waals surface area contributed by atoms with E-state index in [1.54, 1.807) is 0 Å². The van der Waals surface area contributed by atoms with Gasteiger partial charge >= 0.3 is 0 Å². The van der Waals surface area contributed by atoms with Gasteiger partial charge in [0.05, 0.1) is 0 Å². The van der Waals surface area contributed by atoms with E-state index in [0.717, 1.165) is 11.3 Å². The van der Waals surface area contributed by atoms with Crippen LogP contribution in [0.3, 0.4) is 0 Å². The van der Waals surface area contributed by atoms with E-state index >= 15 is 0 Å². The largest absolute Gasteiger partial charge is 0.293 e. The summed E-state index contributed by atoms with van der Waals surface area (Å²) in [5.74, 6) is 3.69. The van der Waals surface area contributed by atoms with Crippen molar-refractivity contribution in [1.29, 1.82) is 0 Å². The molecule has 0 radical (unpaired) electrons. The molecule has 0 saturated carbocycles. The van der Waals surface area contributed by atoms with E-state index in [1.807, 2.05) is 18.2 Å². The van der Waals surface area contributed by atoms with Crippen LogP contribution >= 0.6 is 10.0 Å². The fourth-order valence-corrected chi connectivity index (χ4v) is 6.00. The Morgan fingerprint density at radius 1 is 1.05 bits per heavy atom. The molecule has 0 aromatic heterocycles. The zero-order chi connectivity index (χ0) is 13.3. The van der Waals surface area contributed by atoms with Crippen LogP contribution in [0.5, 0.6) is 0 Å². The number of Topliss-reactive ketones (excluding diaryl/α,β-unsaturated/α-hetero) is 1. The second-order valence-electron chi connectivity index (χ2n) is 5.72. The first-order chi connectivity index (χ1) is 9.16. The molecule has 0 spiro atoms. The van der Waals surface area contributed by atoms with Crippen molar-refractivity contribution >= 4 is 26.6 Å². The summed E-state index contributed by atoms with van der Waals surface area (Å²) in [7, 11) is -0.654. The number of fused-ring (bicyclic) bond motifs is 1. The lowest BCUT2D eigenvalue weighted by Crippen LogP contribution is -2.14. The van der Waals surface area contributed by atoms with Crippen molar-refractivity contribution in [2.75, 3.05) is 23.5 Å². The van der Waals surface area contributed by atoms with Crippen LogP contribution in [0.4, 0.5) is 0 Å². The second kappa shape index (κ2) is 5.01. The Kier molecular flexibility index (Phi) is 3.36. The molecule has 1 aliphatic heterocycles. The lowest BCUT2D eigenvalue weighted by Gasteiger charge is -2.29. The van der Waals surface area contributed by atoms with Gasteiger partial charge in [-0.3, -0.25) is 4.79 Å². The molecule has 1 heterocycles. The summed E-state index contributed by atoms with van der Waals surface area (Å²) >= 11 is 0. The molecule has 100 valence electrons. The van der Waals surface area contributed by atoms with Crippen molar-refractivity contribution in [1.82, 2.24) is 0 Å². The first-order valence-electron chi connectivity index (χ1n) is 6.90. The maximum atomic E-state index is 12.5. The zero-order valence-corrected chi connectivity index (χ0v) is 12.2. The minimum absolute atomic E-state index is 0.338. The fourth-order valence-electron chi connectivity index (χ4n) is 2.91. The highest BCUT2D eigenvalue weighted by atomic mass is 32.3. The Labute approximate surface area is 116 Å². The average molecular weight is 272 g/mol. The highest BCUT2D eigenvalue weighted by molar-refractivity contribution is 8.33. The number of carbonyl (C=O) groups is 1. The van der Waals surface area contributed by atoms with Crippen LogP contribution in [-0.2, 0) is 0 Å². The summed E-state index contributed by atoms with van der Waals surface area (Å²) in [5, 5.41) is 2.37. The Balaban J connectivity index is 1.85. The predicted octanol–water partition coefficient (Wildman–Crippen LogP) is 4.25. The molecule has 1 aliphatic rings. The summed E-state index contributed by atoms with van der Waals surface area (Å²) < 4.78 is 0. The van der Waals surface area contributed by atoms with Crippen molar-refractivity contribution in [3.05, 3.63) is 48.0 Å². The van der Waals surface area contributed by atoms with Crippen LogP contribution < -0.4 is 0 Å². The van der Waals surface area contributed by atoms with Gasteiger partial charge in [-0.1, -0.05) is 36.4 Å². The molecule has 0 atom stereocenters. The highest BCUT2D eigenvalue weighted by Gasteiger charge is 2.26. The molecule has 0 bridgehead atoms. The lowest BCUT2D eigenvalue weighted by molar-refractivity contribution is 0.102. The summed E-state index contributed by atoms with van der Waals surface area (Å²) in [5.41, 5.74) is 0.888. The highest BCUT2D eigenvalue weighted by Crippen LogP contribution is 2.50. The van der Waals surface area contributed by atoms with Gasteiger partial charge in [-0.05, 0) is 47.4 Å². The second-order valence-corrected chi connectivity index (χ2v) is 9.79. The normalized spacial score (nSPS) is 19.4. The van der Waals surface area contributed by atoms with Crippen LogP contribution in [0, 0.1) is 0 Å². The molecule has 0 unspecified atom stereocenters. The third kappa shape index (κ3) is 2.69. The van der Waals surface area contributed by atoms with E-state index in [-0.39, 0.29) is 0 Å². The molecule has 19 heavy (non-hydrogen) atoms. The van der Waals surface area contributed by atoms with Crippen LogP contribution in [0.25, 0.3) is 10.8 Å². The van der Waals surface area contributed by atoms with E-state index < -0.39 is 10.0 Å². The van der Waals surface area contributed by atoms with Gasteiger partial charge in [-0.25, -0.2) is 10.0 Å². The first-order valence-corrected chi connectivity index (χ1v) is 9.45. The van der Waals surface area contributed by atoms with Gasteiger partial charge < -0.3 is 0 Å². The van der Waals surface area contributed by atoms with Gasteiger partial charge in [-0.15, -0.1) is 0 Å². The molecule has 0 N–H and O–H groups in total. The SMILES string of the molecule is CS1(CC(=O)c2ccc3ccccc3c2)CCCC1. The monoisotopic (exact) mass is 272 g/mol. The summed E-state index contributed by atoms with van der Waals surface area (Å²) in [6.45, 7) is 0. The van der Waals surface area contributed by atoms with Crippen molar-refractivity contribution in [2.45, 2.75) is 12.8 Å². The van der Waals surface area contributed by atoms with Gasteiger partial charge in [0.15, 0.2) is 5.78 Å². The molecule has 3 rings (SSSR count). The van der Waals surface area contributed by atoms with E-state index in [1.165, 1.54) is 35.1 Å². The Morgan fingerprint density at radius 2 is 1.74 bits per heavy atom. The van der Waals surface area contributed by atoms with Crippen molar-refractivity contribution < 1.29 is 4.79 Å². The Hall–Kier alpha value is -1.28. The molecule has 2 aromatic carbocycles. The van der Waals surface area contributed by atoms with Gasteiger partial charge in [-0.2, -0.15) is 0 Å². The van der Waals surface area contributed by atoms with Crippen molar-refractivity contribution in [3.8, 4) is 0 Å². The summed E-state index contributed by atoms with van der Waals surface area (Å²) in [4.78, 5) is 12.5. The molecule has 2 aromatic rings. The summed E-state index contributed by atoms with van der Waals surface area (Å²) in [6, 6.07) is 14.3. The predicted molar refractivity (Wildman–Crippen MR) is 85.6 cm³/mol. The molecular formula is C17H20OS. The smallest absolute Gasteiger partial charge is 0.171 e. The Morgan fingerprint density at radius 3 is 2.47 bits per heavy atom. The molecule has 0 aliphatic carbocycles. The zero-order valence-electron chi connectivity index (χ0n) is 11.4. The maximum Gasteiger partial charge on any atom is 0.171 e. The van der Waals surface area contributed by atoms with E-state index in [4.69, 9.17) is 0 Å². The van der Waals surface area contributed by atoms with Gasteiger partial charge in [0.2, 0.25) is 0 Å². The molecule has 1 saturated heterocycles. The first kappa shape index (κ1) is 12.7. The van der Waals surface area contributed by atoms with Crippen LogP contribution in [0.1, 0.15) is 23.2 Å². The number of hydrogen-bond donors (Lipinski definition) is 0. The average Bonchev–Trinajstić information content (AvgIpc) is 2.84. The van der Waals surface area contributed by atoms with Crippen molar-refractivity contribution in [3.63, 3.8) is 0 Å².